The van der Waals surface area contributed by atoms with Gasteiger partial charge in [0, 0.05) is 6.54 Å². The summed E-state index contributed by atoms with van der Waals surface area (Å²) in [6, 6.07) is 8.35. The Morgan fingerprint density at radius 3 is 3.07 bits per heavy atom. The number of benzene rings is 1. The Bertz CT molecular complexity index is 426. The lowest BCUT2D eigenvalue weighted by Gasteiger charge is -1.96. The molecule has 3 nitrogen and oxygen atoms in total. The fraction of sp³-hybridized carbons (Fsp3) is 0.250. The molecule has 1 aromatic carbocycles. The molecule has 0 fully saturated rings. The number of oxazole rings is 1. The average molecular weight is 202 g/mol. The number of nitrogens with one attached hydrogen (secondary N) is 1. The van der Waals surface area contributed by atoms with Gasteiger partial charge in [-0.15, -0.1) is 0 Å². The van der Waals surface area contributed by atoms with E-state index in [9.17, 15) is 0 Å². The Morgan fingerprint density at radius 2 is 2.27 bits per heavy atom. The Morgan fingerprint density at radius 1 is 1.40 bits per heavy atom. The third kappa shape index (κ3) is 2.37. The molecule has 1 N–H and O–H groups in total. The molecule has 1 aromatic heterocycles. The van der Waals surface area contributed by atoms with Gasteiger partial charge in [0.25, 0.3) is 6.01 Å². The van der Waals surface area contributed by atoms with E-state index in [0.717, 1.165) is 24.1 Å². The van der Waals surface area contributed by atoms with Crippen LogP contribution in [0.4, 0.5) is 6.01 Å². The maximum Gasteiger partial charge on any atom is 0.295 e. The first-order valence-corrected chi connectivity index (χ1v) is 5.11. The summed E-state index contributed by atoms with van der Waals surface area (Å²) in [6.45, 7) is 2.86. The number of fused-ring (bicyclic) bond motifs is 1. The lowest BCUT2D eigenvalue weighted by Crippen LogP contribution is -1.99. The lowest BCUT2D eigenvalue weighted by molar-refractivity contribution is 0.615. The van der Waals surface area contributed by atoms with Crippen LogP contribution >= 0.6 is 0 Å². The summed E-state index contributed by atoms with van der Waals surface area (Å²) in [6.07, 6.45) is 5.12. The van der Waals surface area contributed by atoms with E-state index in [1.165, 1.54) is 0 Å². The highest BCUT2D eigenvalue weighted by molar-refractivity contribution is 5.74. The molecule has 0 aliphatic carbocycles. The Balaban J connectivity index is 2.02. The minimum atomic E-state index is 0.598. The normalized spacial score (nSPS) is 11.3. The molecular weight excluding hydrogens is 188 g/mol. The number of aromatic nitrogens is 1. The van der Waals surface area contributed by atoms with Crippen molar-refractivity contribution in [2.75, 3.05) is 11.9 Å². The van der Waals surface area contributed by atoms with Crippen molar-refractivity contribution in [2.45, 2.75) is 13.3 Å². The molecule has 1 heterocycles. The highest BCUT2D eigenvalue weighted by atomic mass is 16.4. The monoisotopic (exact) mass is 202 g/mol. The van der Waals surface area contributed by atoms with Gasteiger partial charge in [0.05, 0.1) is 0 Å². The molecule has 2 aromatic rings. The summed E-state index contributed by atoms with van der Waals surface area (Å²) in [5.41, 5.74) is 1.72. The minimum Gasteiger partial charge on any atom is -0.424 e. The van der Waals surface area contributed by atoms with E-state index in [0.29, 0.717) is 6.01 Å². The number of allylic oxidation sites excluding steroid dienone is 1. The number of hydrogen-bond donors (Lipinski definition) is 1. The molecule has 0 unspecified atom stereocenters. The van der Waals surface area contributed by atoms with Gasteiger partial charge >= 0.3 is 0 Å². The van der Waals surface area contributed by atoms with Crippen LogP contribution in [-0.2, 0) is 0 Å². The molecule has 0 saturated carbocycles. The third-order valence-corrected chi connectivity index (χ3v) is 2.12. The smallest absolute Gasteiger partial charge is 0.295 e. The first-order chi connectivity index (χ1) is 7.40. The minimum absolute atomic E-state index is 0.598. The summed E-state index contributed by atoms with van der Waals surface area (Å²) in [7, 11) is 0. The summed E-state index contributed by atoms with van der Waals surface area (Å²) in [4.78, 5) is 4.31. The maximum absolute atomic E-state index is 5.50. The van der Waals surface area contributed by atoms with Crippen LogP contribution in [0.15, 0.2) is 40.8 Å². The van der Waals surface area contributed by atoms with Crippen LogP contribution in [0.1, 0.15) is 13.3 Å². The van der Waals surface area contributed by atoms with Crippen molar-refractivity contribution < 1.29 is 4.42 Å². The van der Waals surface area contributed by atoms with Crippen molar-refractivity contribution in [3.8, 4) is 0 Å². The van der Waals surface area contributed by atoms with Gasteiger partial charge in [-0.2, -0.15) is 4.98 Å². The van der Waals surface area contributed by atoms with Gasteiger partial charge < -0.3 is 9.73 Å². The highest BCUT2D eigenvalue weighted by Gasteiger charge is 2.02. The van der Waals surface area contributed by atoms with E-state index in [1.54, 1.807) is 0 Å². The van der Waals surface area contributed by atoms with Crippen molar-refractivity contribution in [1.82, 2.24) is 4.98 Å². The topological polar surface area (TPSA) is 38.1 Å². The van der Waals surface area contributed by atoms with Crippen molar-refractivity contribution in [2.24, 2.45) is 0 Å². The van der Waals surface area contributed by atoms with Gasteiger partial charge in [-0.3, -0.25) is 0 Å². The molecule has 2 rings (SSSR count). The van der Waals surface area contributed by atoms with Crippen molar-refractivity contribution in [3.63, 3.8) is 0 Å². The zero-order chi connectivity index (χ0) is 10.5. The van der Waals surface area contributed by atoms with Crippen LogP contribution in [0.5, 0.6) is 0 Å². The molecule has 0 atom stereocenters. The Hall–Kier alpha value is -1.77. The van der Waals surface area contributed by atoms with Crippen LogP contribution < -0.4 is 5.32 Å². The Kier molecular flexibility index (Phi) is 3.02. The van der Waals surface area contributed by atoms with Crippen molar-refractivity contribution >= 4 is 17.1 Å². The molecule has 0 spiro atoms. The molecule has 15 heavy (non-hydrogen) atoms. The second kappa shape index (κ2) is 4.64. The van der Waals surface area contributed by atoms with Crippen LogP contribution in [0, 0.1) is 0 Å². The fourth-order valence-corrected chi connectivity index (χ4v) is 1.38. The van der Waals surface area contributed by atoms with Crippen LogP contribution in [0.2, 0.25) is 0 Å². The van der Waals surface area contributed by atoms with Crippen LogP contribution in [0.25, 0.3) is 11.1 Å². The molecule has 0 aliphatic heterocycles. The number of hydrogen-bond acceptors (Lipinski definition) is 3. The van der Waals surface area contributed by atoms with Crippen LogP contribution in [0.3, 0.4) is 0 Å². The number of nitrogens with zero attached hydrogens (tertiary/aromatic N) is 1. The summed E-state index contributed by atoms with van der Waals surface area (Å²) >= 11 is 0. The molecule has 0 saturated heterocycles. The van der Waals surface area contributed by atoms with E-state index in [2.05, 4.69) is 16.4 Å². The molecule has 3 heteroatoms. The third-order valence-electron chi connectivity index (χ3n) is 2.12. The molecule has 0 aliphatic rings. The van der Waals surface area contributed by atoms with Gasteiger partial charge in [-0.05, 0) is 25.5 Å². The summed E-state index contributed by atoms with van der Waals surface area (Å²) in [5.74, 6) is 0. The predicted octanol–water partition coefficient (Wildman–Crippen LogP) is 3.21. The van der Waals surface area contributed by atoms with E-state index < -0.39 is 0 Å². The van der Waals surface area contributed by atoms with Crippen LogP contribution in [-0.4, -0.2) is 11.5 Å². The van der Waals surface area contributed by atoms with Gasteiger partial charge in [0.15, 0.2) is 5.58 Å². The maximum atomic E-state index is 5.50. The lowest BCUT2D eigenvalue weighted by atomic mass is 10.3. The van der Waals surface area contributed by atoms with Crippen molar-refractivity contribution in [3.05, 3.63) is 36.4 Å². The predicted molar refractivity (Wildman–Crippen MR) is 61.9 cm³/mol. The first-order valence-electron chi connectivity index (χ1n) is 5.11. The van der Waals surface area contributed by atoms with Gasteiger partial charge in [-0.25, -0.2) is 0 Å². The van der Waals surface area contributed by atoms with Crippen molar-refractivity contribution in [1.29, 1.82) is 0 Å². The fourth-order valence-electron chi connectivity index (χ4n) is 1.38. The van der Waals surface area contributed by atoms with Gasteiger partial charge in [0.1, 0.15) is 5.52 Å². The molecule has 0 amide bonds. The second-order valence-corrected chi connectivity index (χ2v) is 3.27. The average Bonchev–Trinajstić information content (AvgIpc) is 2.67. The summed E-state index contributed by atoms with van der Waals surface area (Å²) < 4.78 is 5.50. The largest absolute Gasteiger partial charge is 0.424 e. The second-order valence-electron chi connectivity index (χ2n) is 3.27. The van der Waals surface area contributed by atoms with Gasteiger partial charge in [-0.1, -0.05) is 24.3 Å². The van der Waals surface area contributed by atoms with Gasteiger partial charge in [0.2, 0.25) is 0 Å². The number of anilines is 1. The Labute approximate surface area is 88.8 Å². The first kappa shape index (κ1) is 9.77. The SMILES string of the molecule is C/C=C/CCNc1nc2ccccc2o1. The molecule has 0 radical (unpaired) electrons. The molecular formula is C12H14N2O. The number of para-hydroxylation sites is 2. The van der Waals surface area contributed by atoms with E-state index >= 15 is 0 Å². The van der Waals surface area contributed by atoms with E-state index in [-0.39, 0.29) is 0 Å². The van der Waals surface area contributed by atoms with E-state index in [4.69, 9.17) is 4.42 Å². The molecule has 0 bridgehead atoms. The zero-order valence-corrected chi connectivity index (χ0v) is 8.73. The number of rotatable bonds is 4. The van der Waals surface area contributed by atoms with E-state index in [1.807, 2.05) is 37.3 Å². The standard InChI is InChI=1S/C12H14N2O/c1-2-3-6-9-13-12-14-10-7-4-5-8-11(10)15-12/h2-5,7-8H,6,9H2,1H3,(H,13,14)/b3-2+. The summed E-state index contributed by atoms with van der Waals surface area (Å²) in [5, 5.41) is 3.14. The molecule has 78 valence electrons. The highest BCUT2D eigenvalue weighted by Crippen LogP contribution is 2.17. The zero-order valence-electron chi connectivity index (χ0n) is 8.73. The quantitative estimate of drug-likeness (QED) is 0.611.